The lowest BCUT2D eigenvalue weighted by Crippen LogP contribution is -1.92. The molecule has 1 heterocycles. The Morgan fingerprint density at radius 1 is 0.327 bits per heavy atom. The van der Waals surface area contributed by atoms with E-state index in [1.165, 1.54) is 0 Å². The highest BCUT2D eigenvalue weighted by atomic mass is 16.3. The first-order chi connectivity index (χ1) is 31.8. The molecular weight excluding hydrogens is 665 g/mol. The van der Waals surface area contributed by atoms with E-state index >= 15 is 0 Å². The number of rotatable bonds is 5. The van der Waals surface area contributed by atoms with Crippen LogP contribution in [0.2, 0.25) is 0 Å². The molecule has 1 heteroatoms. The molecule has 0 bridgehead atoms. The molecule has 0 aliphatic heterocycles. The molecule has 0 unspecified atom stereocenters. The van der Waals surface area contributed by atoms with Crippen LogP contribution in [0.5, 0.6) is 0 Å². The van der Waals surface area contributed by atoms with Crippen molar-refractivity contribution < 1.29 is 19.5 Å². The van der Waals surface area contributed by atoms with Gasteiger partial charge in [-0.2, -0.15) is 0 Å². The maximum atomic E-state index is 9.65. The van der Waals surface area contributed by atoms with Gasteiger partial charge in [-0.1, -0.05) is 176 Å². The Balaban J connectivity index is 1.22. The summed E-state index contributed by atoms with van der Waals surface area (Å²) in [6.07, 6.45) is 0. The summed E-state index contributed by atoms with van der Waals surface area (Å²) in [5.41, 5.74) is 5.80. The van der Waals surface area contributed by atoms with E-state index in [0.717, 1.165) is 38.2 Å². The maximum Gasteiger partial charge on any atom is 0.143 e. The quantitative estimate of drug-likeness (QED) is 0.162. The maximum absolute atomic E-state index is 9.65. The summed E-state index contributed by atoms with van der Waals surface area (Å²) in [4.78, 5) is 0. The summed E-state index contributed by atoms with van der Waals surface area (Å²) in [5.74, 6) is 0.415. The van der Waals surface area contributed by atoms with Crippen LogP contribution in [0, 0.1) is 0 Å². The number of hydrogen-bond acceptors (Lipinski definition) is 1. The van der Waals surface area contributed by atoms with Crippen LogP contribution in [0.25, 0.3) is 110 Å². The number of fused-ring (bicyclic) bond motifs is 5. The molecular formula is C54H34O. The molecule has 1 nitrogen and oxygen atoms in total. The zero-order valence-corrected chi connectivity index (χ0v) is 29.2. The van der Waals surface area contributed by atoms with Crippen LogP contribution in [0.1, 0.15) is 15.1 Å². The van der Waals surface area contributed by atoms with Gasteiger partial charge in [0.05, 0.1) is 15.1 Å². The summed E-state index contributed by atoms with van der Waals surface area (Å²) >= 11 is 0. The largest absolute Gasteiger partial charge is 0.455 e. The zero-order chi connectivity index (χ0) is 45.9. The van der Waals surface area contributed by atoms with Gasteiger partial charge in [0, 0.05) is 22.1 Å². The molecule has 0 radical (unpaired) electrons. The zero-order valence-electron chi connectivity index (χ0n) is 40.2. The van der Waals surface area contributed by atoms with E-state index in [1.807, 2.05) is 84.9 Å². The third-order valence-corrected chi connectivity index (χ3v) is 10.4. The van der Waals surface area contributed by atoms with Gasteiger partial charge < -0.3 is 4.42 Å². The minimum absolute atomic E-state index is 0.000991. The Hall–Kier alpha value is -7.22. The predicted octanol–water partition coefficient (Wildman–Crippen LogP) is 15.4. The topological polar surface area (TPSA) is 13.1 Å². The number of hydrogen-bond donors (Lipinski definition) is 0. The summed E-state index contributed by atoms with van der Waals surface area (Å²) in [5, 5.41) is 4.57. The number of furan rings is 1. The highest BCUT2D eigenvalue weighted by Gasteiger charge is 2.24. The highest BCUT2D eigenvalue weighted by molar-refractivity contribution is 6.25. The predicted molar refractivity (Wildman–Crippen MR) is 233 cm³/mol. The summed E-state index contributed by atoms with van der Waals surface area (Å²) < 4.78 is 105. The first-order valence-corrected chi connectivity index (χ1v) is 18.0. The van der Waals surface area contributed by atoms with E-state index in [4.69, 9.17) is 15.4 Å². The average molecular weight is 710 g/mol. The van der Waals surface area contributed by atoms with E-state index in [-0.39, 0.29) is 52.6 Å². The molecule has 0 aliphatic rings. The van der Waals surface area contributed by atoms with Crippen molar-refractivity contribution in [2.75, 3.05) is 0 Å². The van der Waals surface area contributed by atoms with Gasteiger partial charge in [0.2, 0.25) is 0 Å². The highest BCUT2D eigenvalue weighted by Crippen LogP contribution is 2.50. The molecule has 0 spiro atoms. The molecule has 0 saturated carbocycles. The third kappa shape index (κ3) is 5.24. The minimum Gasteiger partial charge on any atom is -0.455 e. The fraction of sp³-hybridized carbons (Fsp3) is 0. The van der Waals surface area contributed by atoms with Crippen molar-refractivity contribution in [3.05, 3.63) is 206 Å². The normalized spacial score (nSPS) is 14.4. The smallest absolute Gasteiger partial charge is 0.143 e. The molecule has 11 aromatic rings. The Morgan fingerprint density at radius 2 is 0.964 bits per heavy atom. The minimum atomic E-state index is -0.544. The van der Waals surface area contributed by atoms with Crippen molar-refractivity contribution >= 4 is 54.1 Å². The lowest BCUT2D eigenvalue weighted by atomic mass is 9.84. The van der Waals surface area contributed by atoms with Crippen molar-refractivity contribution in [1.29, 1.82) is 0 Å². The van der Waals surface area contributed by atoms with E-state index in [9.17, 15) is 4.11 Å². The van der Waals surface area contributed by atoms with E-state index in [1.54, 1.807) is 18.2 Å². The van der Waals surface area contributed by atoms with Gasteiger partial charge in [-0.05, 0) is 107 Å². The van der Waals surface area contributed by atoms with Crippen LogP contribution >= 0.6 is 0 Å². The van der Waals surface area contributed by atoms with Crippen molar-refractivity contribution in [2.45, 2.75) is 0 Å². The van der Waals surface area contributed by atoms with E-state index < -0.39 is 30.2 Å². The molecule has 10 aromatic carbocycles. The SMILES string of the molecule is [2H]c1c([2H])c([2H])c2c([2H])c(-c3ccc4c(-c5c6ccccc6c(-c6cccc(-c7ccc8ccccc8c7)c6)c6c([2H])c([2H])c([2H])c([2H])c56)c(-c5ccccc5)oc4c3)c([2H])c([2H])c2c1[2H]. The van der Waals surface area contributed by atoms with Crippen LogP contribution in [0.4, 0.5) is 0 Å². The van der Waals surface area contributed by atoms with E-state index in [0.29, 0.717) is 55.3 Å². The van der Waals surface area contributed by atoms with Gasteiger partial charge in [-0.25, -0.2) is 0 Å². The van der Waals surface area contributed by atoms with Crippen molar-refractivity contribution in [3.8, 4) is 55.8 Å². The monoisotopic (exact) mass is 709 g/mol. The first-order valence-electron chi connectivity index (χ1n) is 23.5. The van der Waals surface area contributed by atoms with Gasteiger partial charge in [-0.3, -0.25) is 0 Å². The Labute approximate surface area is 334 Å². The average Bonchev–Trinajstić information content (AvgIpc) is 3.72. The molecule has 55 heavy (non-hydrogen) atoms. The first kappa shape index (κ1) is 22.1. The van der Waals surface area contributed by atoms with Crippen LogP contribution < -0.4 is 0 Å². The molecule has 0 fully saturated rings. The fourth-order valence-corrected chi connectivity index (χ4v) is 7.88. The lowest BCUT2D eigenvalue weighted by Gasteiger charge is -2.18. The Morgan fingerprint density at radius 3 is 1.82 bits per heavy atom. The summed E-state index contributed by atoms with van der Waals surface area (Å²) in [6, 6.07) is 40.5. The molecule has 0 saturated heterocycles. The van der Waals surface area contributed by atoms with Gasteiger partial charge in [-0.15, -0.1) is 0 Å². The molecule has 0 N–H and O–H groups in total. The summed E-state index contributed by atoms with van der Waals surface area (Å²) in [7, 11) is 0. The molecule has 0 aliphatic carbocycles. The molecule has 256 valence electrons. The van der Waals surface area contributed by atoms with Gasteiger partial charge in [0.25, 0.3) is 0 Å². The Bertz CT molecular complexity index is 3900. The van der Waals surface area contributed by atoms with Crippen molar-refractivity contribution in [3.63, 3.8) is 0 Å². The third-order valence-electron chi connectivity index (χ3n) is 10.4. The van der Waals surface area contributed by atoms with Crippen molar-refractivity contribution in [2.24, 2.45) is 0 Å². The van der Waals surface area contributed by atoms with Crippen LogP contribution in [-0.2, 0) is 0 Å². The fourth-order valence-electron chi connectivity index (χ4n) is 7.88. The van der Waals surface area contributed by atoms with Crippen LogP contribution in [0.15, 0.2) is 210 Å². The lowest BCUT2D eigenvalue weighted by molar-refractivity contribution is 0.632. The van der Waals surface area contributed by atoms with Crippen LogP contribution in [0.3, 0.4) is 0 Å². The van der Waals surface area contributed by atoms with E-state index in [2.05, 4.69) is 36.4 Å². The molecule has 0 atom stereocenters. The molecule has 0 amide bonds. The van der Waals surface area contributed by atoms with Crippen molar-refractivity contribution in [1.82, 2.24) is 0 Å². The Kier molecular flexibility index (Phi) is 5.11. The molecule has 11 rings (SSSR count). The second-order valence-electron chi connectivity index (χ2n) is 13.6. The second-order valence-corrected chi connectivity index (χ2v) is 13.6. The van der Waals surface area contributed by atoms with Gasteiger partial charge in [0.1, 0.15) is 11.3 Å². The van der Waals surface area contributed by atoms with Gasteiger partial charge >= 0.3 is 0 Å². The van der Waals surface area contributed by atoms with Crippen LogP contribution in [-0.4, -0.2) is 0 Å². The summed E-state index contributed by atoms with van der Waals surface area (Å²) in [6.45, 7) is 0. The molecule has 1 aromatic heterocycles. The standard InChI is InChI=1S/C54H34O/c1-2-15-37(16-3-1)54-53(49-30-29-43(34-50(49)55-54)42-28-26-36-14-5-7-18-39(36)32-42)52-47-23-10-8-21-45(47)51(46-22-9-11-24-48(46)52)44-20-12-19-40(33-44)41-27-25-35-13-4-6-17-38(35)31-41/h1-34H/i5D,7D,8D,10D,14D,18D,21D,23D,26D,28D,32D. The van der Waals surface area contributed by atoms with Gasteiger partial charge in [0.15, 0.2) is 0 Å². The second kappa shape index (κ2) is 12.7. The number of benzene rings is 10.